The minimum absolute atomic E-state index is 0.0190. The molecule has 7 heteroatoms. The fourth-order valence-corrected chi connectivity index (χ4v) is 3.11. The highest BCUT2D eigenvalue weighted by Crippen LogP contribution is 2.26. The molecular formula is C12H17N3O3S. The summed E-state index contributed by atoms with van der Waals surface area (Å²) in [6, 6.07) is 1.56. The molecule has 6 nitrogen and oxygen atoms in total. The number of piperidine rings is 1. The van der Waals surface area contributed by atoms with Gasteiger partial charge in [0.05, 0.1) is 10.5 Å². The van der Waals surface area contributed by atoms with E-state index in [2.05, 4.69) is 5.32 Å². The lowest BCUT2D eigenvalue weighted by Gasteiger charge is -2.35. The molecule has 1 saturated heterocycles. The molecule has 1 aliphatic rings. The molecule has 1 atom stereocenters. The number of likely N-dealkylation sites (tertiary alicyclic amines) is 1. The zero-order chi connectivity index (χ0) is 13.8. The van der Waals surface area contributed by atoms with Gasteiger partial charge < -0.3 is 10.2 Å². The van der Waals surface area contributed by atoms with Gasteiger partial charge in [-0.05, 0) is 26.3 Å². The lowest BCUT2D eigenvalue weighted by atomic mass is 10.0. The molecule has 0 aliphatic carbocycles. The number of thiophene rings is 1. The van der Waals surface area contributed by atoms with Crippen LogP contribution in [-0.4, -0.2) is 41.9 Å². The highest BCUT2D eigenvalue weighted by molar-refractivity contribution is 7.13. The number of nitro groups is 1. The summed E-state index contributed by atoms with van der Waals surface area (Å²) in [4.78, 5) is 24.4. The van der Waals surface area contributed by atoms with Crippen molar-refractivity contribution in [1.29, 1.82) is 0 Å². The van der Waals surface area contributed by atoms with Gasteiger partial charge in [0, 0.05) is 30.6 Å². The van der Waals surface area contributed by atoms with Gasteiger partial charge >= 0.3 is 5.00 Å². The molecule has 0 spiro atoms. The predicted octanol–water partition coefficient (Wildman–Crippen LogP) is 1.87. The van der Waals surface area contributed by atoms with Crippen LogP contribution in [0.2, 0.25) is 0 Å². The Balaban J connectivity index is 2.13. The van der Waals surface area contributed by atoms with E-state index in [-0.39, 0.29) is 17.0 Å². The fourth-order valence-electron chi connectivity index (χ4n) is 2.41. The van der Waals surface area contributed by atoms with Gasteiger partial charge in [-0.3, -0.25) is 14.9 Å². The van der Waals surface area contributed by atoms with Crippen LogP contribution in [-0.2, 0) is 0 Å². The van der Waals surface area contributed by atoms with Crippen LogP contribution in [0.15, 0.2) is 11.4 Å². The van der Waals surface area contributed by atoms with Crippen LogP contribution in [0.1, 0.15) is 29.6 Å². The second-order valence-corrected chi connectivity index (χ2v) is 5.53. The van der Waals surface area contributed by atoms with E-state index in [0.717, 1.165) is 43.7 Å². The van der Waals surface area contributed by atoms with Crippen molar-refractivity contribution in [3.8, 4) is 0 Å². The molecule has 1 aromatic rings. The molecule has 0 saturated carbocycles. The van der Waals surface area contributed by atoms with Crippen LogP contribution in [0, 0.1) is 10.1 Å². The van der Waals surface area contributed by atoms with E-state index in [0.29, 0.717) is 5.56 Å². The van der Waals surface area contributed by atoms with E-state index < -0.39 is 4.92 Å². The third-order valence-electron chi connectivity index (χ3n) is 3.34. The van der Waals surface area contributed by atoms with Gasteiger partial charge in [0.15, 0.2) is 0 Å². The Morgan fingerprint density at radius 3 is 3.05 bits per heavy atom. The van der Waals surface area contributed by atoms with Gasteiger partial charge in [0.25, 0.3) is 5.91 Å². The Labute approximate surface area is 115 Å². The molecule has 2 rings (SSSR count). The molecule has 1 N–H and O–H groups in total. The van der Waals surface area contributed by atoms with Crippen molar-refractivity contribution in [3.63, 3.8) is 0 Å². The fraction of sp³-hybridized carbons (Fsp3) is 0.583. The van der Waals surface area contributed by atoms with Crippen molar-refractivity contribution in [3.05, 3.63) is 27.1 Å². The molecule has 19 heavy (non-hydrogen) atoms. The highest BCUT2D eigenvalue weighted by Gasteiger charge is 2.28. The van der Waals surface area contributed by atoms with Crippen molar-refractivity contribution < 1.29 is 9.72 Å². The normalized spacial score (nSPS) is 19.4. The monoisotopic (exact) mass is 283 g/mol. The first-order valence-corrected chi connectivity index (χ1v) is 7.20. The van der Waals surface area contributed by atoms with Crippen LogP contribution < -0.4 is 5.32 Å². The zero-order valence-electron chi connectivity index (χ0n) is 10.8. The van der Waals surface area contributed by atoms with Crippen LogP contribution in [0.25, 0.3) is 0 Å². The van der Waals surface area contributed by atoms with E-state index in [1.807, 2.05) is 11.9 Å². The van der Waals surface area contributed by atoms with Crippen LogP contribution >= 0.6 is 11.3 Å². The standard InChI is InChI=1S/C12H17N3O3S/c1-13-7-10-4-2-3-5-14(10)12(16)9-6-11(15(17)18)19-8-9/h6,8,10,13H,2-5,7H2,1H3. The van der Waals surface area contributed by atoms with E-state index in [1.54, 1.807) is 5.38 Å². The summed E-state index contributed by atoms with van der Waals surface area (Å²) < 4.78 is 0. The number of hydrogen-bond acceptors (Lipinski definition) is 5. The maximum Gasteiger partial charge on any atom is 0.324 e. The molecule has 1 aromatic heterocycles. The molecule has 2 heterocycles. The van der Waals surface area contributed by atoms with E-state index in [1.165, 1.54) is 6.07 Å². The van der Waals surface area contributed by atoms with Gasteiger partial charge in [0.1, 0.15) is 0 Å². The van der Waals surface area contributed by atoms with Gasteiger partial charge in [-0.15, -0.1) is 0 Å². The summed E-state index contributed by atoms with van der Waals surface area (Å²) in [6.45, 7) is 1.49. The first-order valence-electron chi connectivity index (χ1n) is 6.32. The van der Waals surface area contributed by atoms with Gasteiger partial charge in [0.2, 0.25) is 0 Å². The van der Waals surface area contributed by atoms with Crippen molar-refractivity contribution in [1.82, 2.24) is 10.2 Å². The number of hydrogen-bond donors (Lipinski definition) is 1. The lowest BCUT2D eigenvalue weighted by Crippen LogP contribution is -2.47. The number of amides is 1. The molecular weight excluding hydrogens is 266 g/mol. The van der Waals surface area contributed by atoms with Gasteiger partial charge in [-0.25, -0.2) is 0 Å². The lowest BCUT2D eigenvalue weighted by molar-refractivity contribution is -0.380. The first kappa shape index (κ1) is 14.0. The van der Waals surface area contributed by atoms with E-state index in [4.69, 9.17) is 0 Å². The maximum absolute atomic E-state index is 12.4. The number of carbonyl (C=O) groups excluding carboxylic acids is 1. The summed E-state index contributed by atoms with van der Waals surface area (Å²) in [5.74, 6) is -0.0932. The Kier molecular flexibility index (Phi) is 4.49. The number of carbonyl (C=O) groups is 1. The molecule has 1 fully saturated rings. The summed E-state index contributed by atoms with van der Waals surface area (Å²) in [6.07, 6.45) is 3.11. The zero-order valence-corrected chi connectivity index (χ0v) is 11.6. The number of rotatable bonds is 4. The molecule has 1 aliphatic heterocycles. The van der Waals surface area contributed by atoms with Crippen LogP contribution in [0.5, 0.6) is 0 Å². The summed E-state index contributed by atoms with van der Waals surface area (Å²) >= 11 is 1.00. The van der Waals surface area contributed by atoms with E-state index >= 15 is 0 Å². The molecule has 0 aromatic carbocycles. The molecule has 0 radical (unpaired) electrons. The second-order valence-electron chi connectivity index (χ2n) is 4.64. The van der Waals surface area contributed by atoms with Crippen molar-refractivity contribution in [2.24, 2.45) is 0 Å². The van der Waals surface area contributed by atoms with Gasteiger partial charge in [-0.2, -0.15) is 0 Å². The SMILES string of the molecule is CNCC1CCCCN1C(=O)c1csc([N+](=O)[O-])c1. The van der Waals surface area contributed by atoms with Crippen molar-refractivity contribution in [2.75, 3.05) is 20.1 Å². The number of nitrogens with one attached hydrogen (secondary N) is 1. The van der Waals surface area contributed by atoms with E-state index in [9.17, 15) is 14.9 Å². The number of likely N-dealkylation sites (N-methyl/N-ethyl adjacent to an activating group) is 1. The average Bonchev–Trinajstić information content (AvgIpc) is 2.89. The Morgan fingerprint density at radius 1 is 1.63 bits per heavy atom. The maximum atomic E-state index is 12.4. The largest absolute Gasteiger partial charge is 0.334 e. The molecule has 104 valence electrons. The van der Waals surface area contributed by atoms with Crippen molar-refractivity contribution >= 4 is 22.2 Å². The smallest absolute Gasteiger partial charge is 0.324 e. The average molecular weight is 283 g/mol. The van der Waals surface area contributed by atoms with Crippen LogP contribution in [0.4, 0.5) is 5.00 Å². The molecule has 0 bridgehead atoms. The Hall–Kier alpha value is -1.47. The third kappa shape index (κ3) is 3.10. The summed E-state index contributed by atoms with van der Waals surface area (Å²) in [5, 5.41) is 15.4. The third-order valence-corrected chi connectivity index (χ3v) is 4.22. The molecule has 1 amide bonds. The van der Waals surface area contributed by atoms with Gasteiger partial charge in [-0.1, -0.05) is 11.3 Å². The predicted molar refractivity (Wildman–Crippen MR) is 73.6 cm³/mol. The molecule has 1 unspecified atom stereocenters. The summed E-state index contributed by atoms with van der Waals surface area (Å²) in [7, 11) is 1.87. The topological polar surface area (TPSA) is 75.5 Å². The second kappa shape index (κ2) is 6.12. The minimum atomic E-state index is -0.456. The quantitative estimate of drug-likeness (QED) is 0.676. The first-order chi connectivity index (χ1) is 9.13. The minimum Gasteiger partial charge on any atom is -0.334 e. The highest BCUT2D eigenvalue weighted by atomic mass is 32.1. The summed E-state index contributed by atoms with van der Waals surface area (Å²) in [5.41, 5.74) is 0.430. The Bertz CT molecular complexity index is 473. The van der Waals surface area contributed by atoms with Crippen molar-refractivity contribution in [2.45, 2.75) is 25.3 Å². The number of nitrogens with zero attached hydrogens (tertiary/aromatic N) is 2. The van der Waals surface area contributed by atoms with Crippen LogP contribution in [0.3, 0.4) is 0 Å². The Morgan fingerprint density at radius 2 is 2.42 bits per heavy atom.